The van der Waals surface area contributed by atoms with E-state index in [0.717, 1.165) is 110 Å². The van der Waals surface area contributed by atoms with Crippen molar-refractivity contribution in [2.24, 2.45) is 5.92 Å². The average Bonchev–Trinajstić information content (AvgIpc) is 3.04. The molecule has 0 amide bonds. The number of piperidine rings is 1. The number of fused-ring (bicyclic) bond motifs is 2. The van der Waals surface area contributed by atoms with Crippen LogP contribution in [-0.4, -0.2) is 75.7 Å². The van der Waals surface area contributed by atoms with Crippen molar-refractivity contribution in [3.05, 3.63) is 72.8 Å². The molecule has 3 aromatic heterocycles. The van der Waals surface area contributed by atoms with Gasteiger partial charge < -0.3 is 31.3 Å². The maximum absolute atomic E-state index is 6.24. The summed E-state index contributed by atoms with van der Waals surface area (Å²) in [5.41, 5.74) is 9.62. The molecule has 1 aliphatic rings. The second-order valence-electron chi connectivity index (χ2n) is 11.3. The molecule has 4 heterocycles. The standard InChI is InChI=1S/C33H40N10O/c1-23-19-31(42-33(34)41-23)37-12-4-13-38-32-27-8-7-25(20-30(27)39-22-40-32)44-21-24-10-16-43(17-11-24)18-15-36-29-9-14-35-28-6-3-2-5-26(28)29/h2-3,5-9,14,19-20,22,24H,4,10-13,15-18,21H2,1H3,(H,35,36)(H,38,39,40)(H3,34,37,41,42). The van der Waals surface area contributed by atoms with Crippen LogP contribution in [0.25, 0.3) is 21.8 Å². The first-order valence-corrected chi connectivity index (χ1v) is 15.4. The van der Waals surface area contributed by atoms with Crippen LogP contribution >= 0.6 is 0 Å². The van der Waals surface area contributed by atoms with E-state index >= 15 is 0 Å². The number of likely N-dealkylation sites (tertiary alicyclic amines) is 1. The molecule has 228 valence electrons. The molecule has 44 heavy (non-hydrogen) atoms. The minimum absolute atomic E-state index is 0.280. The van der Waals surface area contributed by atoms with Gasteiger partial charge in [0.15, 0.2) is 0 Å². The maximum Gasteiger partial charge on any atom is 0.222 e. The van der Waals surface area contributed by atoms with Gasteiger partial charge in [-0.1, -0.05) is 18.2 Å². The van der Waals surface area contributed by atoms with Gasteiger partial charge in [-0.05, 0) is 69.5 Å². The Bertz CT molecular complexity index is 1660. The molecule has 11 nitrogen and oxygen atoms in total. The van der Waals surface area contributed by atoms with E-state index in [-0.39, 0.29) is 5.95 Å². The van der Waals surface area contributed by atoms with Crippen molar-refractivity contribution >= 4 is 45.1 Å². The normalized spacial score (nSPS) is 14.1. The highest BCUT2D eigenvalue weighted by molar-refractivity contribution is 5.91. The summed E-state index contributed by atoms with van der Waals surface area (Å²) in [6, 6.07) is 18.3. The fraction of sp³-hybridized carbons (Fsp3) is 0.364. The number of nitrogens with zero attached hydrogens (tertiary/aromatic N) is 6. The smallest absolute Gasteiger partial charge is 0.222 e. The van der Waals surface area contributed by atoms with Gasteiger partial charge in [0.1, 0.15) is 23.7 Å². The van der Waals surface area contributed by atoms with Crippen LogP contribution in [0.4, 0.5) is 23.3 Å². The molecule has 11 heteroatoms. The van der Waals surface area contributed by atoms with E-state index in [1.807, 2.05) is 43.5 Å². The SMILES string of the molecule is Cc1cc(NCCCNc2ncnc3cc(OCC4CCN(CCNc5ccnc6ccccc56)CC4)ccc23)nc(N)n1. The lowest BCUT2D eigenvalue weighted by molar-refractivity contribution is 0.145. The molecule has 0 bridgehead atoms. The Labute approximate surface area is 257 Å². The van der Waals surface area contributed by atoms with Gasteiger partial charge in [0.2, 0.25) is 5.95 Å². The summed E-state index contributed by atoms with van der Waals surface area (Å²) in [4.78, 5) is 24.3. The molecular formula is C33H40N10O. The molecule has 1 fully saturated rings. The van der Waals surface area contributed by atoms with Gasteiger partial charge >= 0.3 is 0 Å². The highest BCUT2D eigenvalue weighted by Gasteiger charge is 2.20. The van der Waals surface area contributed by atoms with E-state index in [1.54, 1.807) is 6.33 Å². The maximum atomic E-state index is 6.24. The molecule has 0 unspecified atom stereocenters. The zero-order valence-electron chi connectivity index (χ0n) is 25.2. The second kappa shape index (κ2) is 14.1. The Morgan fingerprint density at radius 1 is 0.864 bits per heavy atom. The van der Waals surface area contributed by atoms with Crippen molar-refractivity contribution in [2.45, 2.75) is 26.2 Å². The minimum atomic E-state index is 0.280. The molecular weight excluding hydrogens is 552 g/mol. The molecule has 1 aliphatic heterocycles. The fourth-order valence-electron chi connectivity index (χ4n) is 5.65. The van der Waals surface area contributed by atoms with Crippen molar-refractivity contribution in [3.63, 3.8) is 0 Å². The molecule has 6 rings (SSSR count). The Kier molecular flexibility index (Phi) is 9.41. The predicted molar refractivity (Wildman–Crippen MR) is 177 cm³/mol. The molecule has 0 spiro atoms. The number of hydrogen-bond acceptors (Lipinski definition) is 11. The van der Waals surface area contributed by atoms with Gasteiger partial charge in [-0.25, -0.2) is 15.0 Å². The molecule has 2 aromatic carbocycles. The first-order chi connectivity index (χ1) is 21.6. The molecule has 1 saturated heterocycles. The van der Waals surface area contributed by atoms with Crippen LogP contribution < -0.4 is 26.4 Å². The van der Waals surface area contributed by atoms with Crippen LogP contribution in [0.3, 0.4) is 0 Å². The van der Waals surface area contributed by atoms with E-state index in [9.17, 15) is 0 Å². The Hall–Kier alpha value is -4.77. The van der Waals surface area contributed by atoms with E-state index < -0.39 is 0 Å². The number of pyridine rings is 1. The largest absolute Gasteiger partial charge is 0.493 e. The molecule has 0 radical (unpaired) electrons. The summed E-state index contributed by atoms with van der Waals surface area (Å²) in [7, 11) is 0. The lowest BCUT2D eigenvalue weighted by Gasteiger charge is -2.32. The monoisotopic (exact) mass is 592 g/mol. The van der Waals surface area contributed by atoms with Crippen LogP contribution in [0.15, 0.2) is 67.1 Å². The third kappa shape index (κ3) is 7.59. The van der Waals surface area contributed by atoms with Crippen LogP contribution in [0.2, 0.25) is 0 Å². The summed E-state index contributed by atoms with van der Waals surface area (Å²) < 4.78 is 6.24. The Balaban J connectivity index is 0.916. The van der Waals surface area contributed by atoms with Gasteiger partial charge in [-0.2, -0.15) is 4.98 Å². The van der Waals surface area contributed by atoms with Crippen LogP contribution in [0, 0.1) is 12.8 Å². The van der Waals surface area contributed by atoms with E-state index in [1.165, 1.54) is 5.39 Å². The summed E-state index contributed by atoms with van der Waals surface area (Å²) in [6.07, 6.45) is 6.63. The molecule has 0 saturated carbocycles. The lowest BCUT2D eigenvalue weighted by atomic mass is 9.98. The third-order valence-corrected chi connectivity index (χ3v) is 8.02. The summed E-state index contributed by atoms with van der Waals surface area (Å²) in [5.74, 6) is 3.24. The number of aromatic nitrogens is 5. The highest BCUT2D eigenvalue weighted by Crippen LogP contribution is 2.26. The zero-order chi connectivity index (χ0) is 30.1. The number of benzene rings is 2. The zero-order valence-corrected chi connectivity index (χ0v) is 25.2. The molecule has 5 N–H and O–H groups in total. The number of hydrogen-bond donors (Lipinski definition) is 4. The van der Waals surface area contributed by atoms with Crippen LogP contribution in [0.1, 0.15) is 25.0 Å². The second-order valence-corrected chi connectivity index (χ2v) is 11.3. The highest BCUT2D eigenvalue weighted by atomic mass is 16.5. The van der Waals surface area contributed by atoms with Gasteiger partial charge in [0, 0.05) is 66.7 Å². The number of ether oxygens (including phenoxy) is 1. The number of aryl methyl sites for hydroxylation is 1. The number of nitrogens with one attached hydrogen (secondary N) is 3. The summed E-state index contributed by atoms with van der Waals surface area (Å²) >= 11 is 0. The minimum Gasteiger partial charge on any atom is -0.493 e. The quantitative estimate of drug-likeness (QED) is 0.138. The topological polar surface area (TPSA) is 139 Å². The summed E-state index contributed by atoms with van der Waals surface area (Å²) in [6.45, 7) is 8.26. The van der Waals surface area contributed by atoms with Crippen molar-refractivity contribution in [1.82, 2.24) is 29.8 Å². The number of nitrogens with two attached hydrogens (primary N) is 1. The Morgan fingerprint density at radius 2 is 1.73 bits per heavy atom. The third-order valence-electron chi connectivity index (χ3n) is 8.02. The first kappa shape index (κ1) is 29.3. The van der Waals surface area contributed by atoms with Gasteiger partial charge in [0.05, 0.1) is 17.6 Å². The lowest BCUT2D eigenvalue weighted by Crippen LogP contribution is -2.38. The van der Waals surface area contributed by atoms with Crippen LogP contribution in [0.5, 0.6) is 5.75 Å². The molecule has 0 aliphatic carbocycles. The molecule has 5 aromatic rings. The van der Waals surface area contributed by atoms with E-state index in [2.05, 4.69) is 70.0 Å². The van der Waals surface area contributed by atoms with Crippen molar-refractivity contribution < 1.29 is 4.74 Å². The Morgan fingerprint density at radius 3 is 2.61 bits per heavy atom. The first-order valence-electron chi connectivity index (χ1n) is 15.4. The van der Waals surface area contributed by atoms with E-state index in [0.29, 0.717) is 5.92 Å². The number of anilines is 4. The van der Waals surface area contributed by atoms with Crippen molar-refractivity contribution in [2.75, 3.05) is 67.6 Å². The number of nitrogen functional groups attached to an aromatic ring is 1. The van der Waals surface area contributed by atoms with E-state index in [4.69, 9.17) is 10.5 Å². The fourth-order valence-corrected chi connectivity index (χ4v) is 5.65. The van der Waals surface area contributed by atoms with Gasteiger partial charge in [-0.3, -0.25) is 4.98 Å². The predicted octanol–water partition coefficient (Wildman–Crippen LogP) is 4.98. The molecule has 0 atom stereocenters. The van der Waals surface area contributed by atoms with Gasteiger partial charge in [-0.15, -0.1) is 0 Å². The van der Waals surface area contributed by atoms with Gasteiger partial charge in [0.25, 0.3) is 0 Å². The van der Waals surface area contributed by atoms with Crippen molar-refractivity contribution in [1.29, 1.82) is 0 Å². The number of para-hydroxylation sites is 1. The summed E-state index contributed by atoms with van der Waals surface area (Å²) in [5, 5.41) is 12.5. The average molecular weight is 593 g/mol. The number of rotatable bonds is 13. The van der Waals surface area contributed by atoms with Crippen molar-refractivity contribution in [3.8, 4) is 5.75 Å². The van der Waals surface area contributed by atoms with Crippen LogP contribution in [-0.2, 0) is 0 Å².